The maximum Gasteiger partial charge on any atom is 0.210 e. The van der Waals surface area contributed by atoms with Gasteiger partial charge in [0.15, 0.2) is 18.2 Å². The Balaban J connectivity index is 2.03. The summed E-state index contributed by atoms with van der Waals surface area (Å²) in [5, 5.41) is 0. The van der Waals surface area contributed by atoms with Crippen LogP contribution in [0, 0.1) is 19.7 Å². The van der Waals surface area contributed by atoms with Gasteiger partial charge in [0.1, 0.15) is 0 Å². The third-order valence-corrected chi connectivity index (χ3v) is 3.50. The number of hydrogen-bond donors (Lipinski definition) is 0. The van der Waals surface area contributed by atoms with Crippen molar-refractivity contribution < 1.29 is 13.9 Å². The summed E-state index contributed by atoms with van der Waals surface area (Å²) in [6.07, 6.45) is 0. The third-order valence-electron chi connectivity index (χ3n) is 2.46. The Bertz CT molecular complexity index is 575. The van der Waals surface area contributed by atoms with E-state index in [0.717, 1.165) is 10.4 Å². The van der Waals surface area contributed by atoms with Gasteiger partial charge in [-0.25, -0.2) is 4.39 Å². The zero-order valence-corrected chi connectivity index (χ0v) is 11.0. The van der Waals surface area contributed by atoms with Crippen molar-refractivity contribution in [1.82, 2.24) is 0 Å². The Morgan fingerprint density at radius 3 is 2.72 bits per heavy atom. The number of ketones is 1. The molecule has 0 radical (unpaired) electrons. The maximum absolute atomic E-state index is 13.4. The molecule has 2 rings (SSSR count). The van der Waals surface area contributed by atoms with Gasteiger partial charge in [-0.2, -0.15) is 0 Å². The van der Waals surface area contributed by atoms with Crippen LogP contribution in [0.2, 0.25) is 0 Å². The minimum absolute atomic E-state index is 0.122. The second-order valence-electron chi connectivity index (χ2n) is 4.06. The Hall–Kier alpha value is -1.68. The topological polar surface area (TPSA) is 26.3 Å². The number of thiophene rings is 1. The molecule has 1 aromatic heterocycles. The fourth-order valence-electron chi connectivity index (χ4n) is 1.52. The summed E-state index contributed by atoms with van der Waals surface area (Å²) < 4.78 is 18.6. The maximum atomic E-state index is 13.4. The predicted molar refractivity (Wildman–Crippen MR) is 70.0 cm³/mol. The van der Waals surface area contributed by atoms with E-state index in [1.54, 1.807) is 18.2 Å². The summed E-state index contributed by atoms with van der Waals surface area (Å²) >= 11 is 1.42. The van der Waals surface area contributed by atoms with Crippen LogP contribution in [-0.2, 0) is 0 Å². The first-order chi connectivity index (χ1) is 8.56. The van der Waals surface area contributed by atoms with Gasteiger partial charge in [-0.05, 0) is 43.7 Å². The Morgan fingerprint density at radius 1 is 1.28 bits per heavy atom. The van der Waals surface area contributed by atoms with Gasteiger partial charge in [-0.3, -0.25) is 4.79 Å². The molecule has 0 atom stereocenters. The van der Waals surface area contributed by atoms with Crippen LogP contribution in [0.25, 0.3) is 0 Å². The SMILES string of the molecule is Cc1ccc(F)c(OCC(=O)c2ccc(C)s2)c1. The minimum atomic E-state index is -0.448. The molecule has 0 aliphatic heterocycles. The second-order valence-corrected chi connectivity index (χ2v) is 5.34. The highest BCUT2D eigenvalue weighted by molar-refractivity contribution is 7.14. The number of carbonyl (C=O) groups is 1. The molecule has 94 valence electrons. The number of aryl methyl sites for hydroxylation is 2. The van der Waals surface area contributed by atoms with E-state index in [2.05, 4.69) is 0 Å². The van der Waals surface area contributed by atoms with E-state index in [-0.39, 0.29) is 18.1 Å². The van der Waals surface area contributed by atoms with Crippen LogP contribution in [0.3, 0.4) is 0 Å². The van der Waals surface area contributed by atoms with E-state index < -0.39 is 5.82 Å². The monoisotopic (exact) mass is 264 g/mol. The first kappa shape index (κ1) is 12.8. The van der Waals surface area contributed by atoms with Gasteiger partial charge >= 0.3 is 0 Å². The lowest BCUT2D eigenvalue weighted by atomic mass is 10.2. The molecular formula is C14H13FO2S. The van der Waals surface area contributed by atoms with E-state index in [0.29, 0.717) is 4.88 Å². The van der Waals surface area contributed by atoms with Crippen LogP contribution in [-0.4, -0.2) is 12.4 Å². The quantitative estimate of drug-likeness (QED) is 0.786. The summed E-state index contributed by atoms with van der Waals surface area (Å²) in [7, 11) is 0. The smallest absolute Gasteiger partial charge is 0.210 e. The molecule has 1 heterocycles. The van der Waals surface area contributed by atoms with Gasteiger partial charge in [0.25, 0.3) is 0 Å². The van der Waals surface area contributed by atoms with Crippen molar-refractivity contribution in [2.24, 2.45) is 0 Å². The molecule has 0 N–H and O–H groups in total. The Labute approximate surface area is 109 Å². The summed E-state index contributed by atoms with van der Waals surface area (Å²) in [4.78, 5) is 13.5. The molecule has 0 fully saturated rings. The van der Waals surface area contributed by atoms with Gasteiger partial charge < -0.3 is 4.74 Å². The van der Waals surface area contributed by atoms with Crippen molar-refractivity contribution in [3.05, 3.63) is 51.5 Å². The fraction of sp³-hybridized carbons (Fsp3) is 0.214. The largest absolute Gasteiger partial charge is 0.482 e. The van der Waals surface area contributed by atoms with Crippen molar-refractivity contribution in [2.75, 3.05) is 6.61 Å². The molecule has 0 unspecified atom stereocenters. The van der Waals surface area contributed by atoms with Crippen LogP contribution in [0.1, 0.15) is 20.1 Å². The average Bonchev–Trinajstić information content (AvgIpc) is 2.77. The highest BCUT2D eigenvalue weighted by atomic mass is 32.1. The van der Waals surface area contributed by atoms with Crippen LogP contribution in [0.5, 0.6) is 5.75 Å². The molecule has 0 saturated carbocycles. The predicted octanol–water partition coefficient (Wildman–Crippen LogP) is 3.77. The summed E-state index contributed by atoms with van der Waals surface area (Å²) in [6.45, 7) is 3.64. The van der Waals surface area contributed by atoms with Crippen molar-refractivity contribution in [3.8, 4) is 5.75 Å². The summed E-state index contributed by atoms with van der Waals surface area (Å²) in [5.41, 5.74) is 0.894. The third kappa shape index (κ3) is 2.96. The second kappa shape index (κ2) is 5.31. The zero-order valence-electron chi connectivity index (χ0n) is 10.2. The van der Waals surface area contributed by atoms with E-state index in [1.165, 1.54) is 17.4 Å². The average molecular weight is 264 g/mol. The Morgan fingerprint density at radius 2 is 2.06 bits per heavy atom. The molecule has 0 bridgehead atoms. The molecule has 0 aliphatic rings. The van der Waals surface area contributed by atoms with Gasteiger partial charge in [-0.1, -0.05) is 6.07 Å². The van der Waals surface area contributed by atoms with Gasteiger partial charge in [0.2, 0.25) is 5.78 Å². The molecule has 4 heteroatoms. The molecule has 18 heavy (non-hydrogen) atoms. The first-order valence-corrected chi connectivity index (χ1v) is 6.36. The van der Waals surface area contributed by atoms with E-state index in [4.69, 9.17) is 4.74 Å². The van der Waals surface area contributed by atoms with E-state index in [1.807, 2.05) is 19.9 Å². The molecule has 1 aromatic carbocycles. The van der Waals surface area contributed by atoms with Crippen molar-refractivity contribution in [2.45, 2.75) is 13.8 Å². The Kier molecular flexibility index (Phi) is 3.77. The number of halogens is 1. The lowest BCUT2D eigenvalue weighted by molar-refractivity contribution is 0.0923. The molecule has 0 spiro atoms. The number of benzene rings is 1. The molecule has 0 saturated heterocycles. The van der Waals surface area contributed by atoms with Crippen molar-refractivity contribution in [1.29, 1.82) is 0 Å². The van der Waals surface area contributed by atoms with Gasteiger partial charge in [0.05, 0.1) is 4.88 Å². The molecule has 2 nitrogen and oxygen atoms in total. The molecule has 0 aliphatic carbocycles. The lowest BCUT2D eigenvalue weighted by Gasteiger charge is -2.06. The van der Waals surface area contributed by atoms with Gasteiger partial charge in [0, 0.05) is 4.88 Å². The van der Waals surface area contributed by atoms with Crippen LogP contribution < -0.4 is 4.74 Å². The number of Topliss-reactive ketones (excluding diaryl/α,β-unsaturated/α-hetero) is 1. The fourth-order valence-corrected chi connectivity index (χ4v) is 2.31. The lowest BCUT2D eigenvalue weighted by Crippen LogP contribution is -2.10. The van der Waals surface area contributed by atoms with Crippen LogP contribution in [0.15, 0.2) is 30.3 Å². The number of rotatable bonds is 4. The summed E-state index contributed by atoms with van der Waals surface area (Å²) in [5.74, 6) is -0.457. The number of ether oxygens (including phenoxy) is 1. The number of hydrogen-bond acceptors (Lipinski definition) is 3. The first-order valence-electron chi connectivity index (χ1n) is 5.55. The highest BCUT2D eigenvalue weighted by Gasteiger charge is 2.11. The van der Waals surface area contributed by atoms with Crippen LogP contribution >= 0.6 is 11.3 Å². The normalized spacial score (nSPS) is 10.4. The number of carbonyl (C=O) groups excluding carboxylic acids is 1. The zero-order chi connectivity index (χ0) is 13.1. The summed E-state index contributed by atoms with van der Waals surface area (Å²) in [6, 6.07) is 8.23. The van der Waals surface area contributed by atoms with Crippen LogP contribution in [0.4, 0.5) is 4.39 Å². The van der Waals surface area contributed by atoms with Crippen molar-refractivity contribution >= 4 is 17.1 Å². The molecular weight excluding hydrogens is 251 g/mol. The minimum Gasteiger partial charge on any atom is -0.482 e. The van der Waals surface area contributed by atoms with Crippen molar-refractivity contribution in [3.63, 3.8) is 0 Å². The van der Waals surface area contributed by atoms with E-state index in [9.17, 15) is 9.18 Å². The van der Waals surface area contributed by atoms with E-state index >= 15 is 0 Å². The molecule has 2 aromatic rings. The molecule has 0 amide bonds. The standard InChI is InChI=1S/C14H13FO2S/c1-9-3-5-11(15)13(7-9)17-8-12(16)14-6-4-10(2)18-14/h3-7H,8H2,1-2H3. The highest BCUT2D eigenvalue weighted by Crippen LogP contribution is 2.20. The van der Waals surface area contributed by atoms with Gasteiger partial charge in [-0.15, -0.1) is 11.3 Å².